The zero-order valence-corrected chi connectivity index (χ0v) is 25.3. The van der Waals surface area contributed by atoms with Gasteiger partial charge in [0.1, 0.15) is 11.6 Å². The highest BCUT2D eigenvalue weighted by Gasteiger charge is 2.46. The molecule has 0 spiro atoms. The van der Waals surface area contributed by atoms with Crippen LogP contribution in [0.15, 0.2) is 60.7 Å². The van der Waals surface area contributed by atoms with Crippen molar-refractivity contribution in [1.82, 2.24) is 14.7 Å². The monoisotopic (exact) mass is 593 g/mol. The third kappa shape index (κ3) is 6.44. The number of carbonyl (C=O) groups excluding carboxylic acids is 2. The van der Waals surface area contributed by atoms with Crippen LogP contribution in [0.2, 0.25) is 0 Å². The van der Waals surface area contributed by atoms with E-state index in [-0.39, 0.29) is 42.6 Å². The van der Waals surface area contributed by atoms with Gasteiger partial charge in [-0.2, -0.15) is 0 Å². The van der Waals surface area contributed by atoms with Gasteiger partial charge in [0.05, 0.1) is 12.0 Å². The first-order valence-corrected chi connectivity index (χ1v) is 15.0. The molecule has 7 nitrogen and oxygen atoms in total. The van der Waals surface area contributed by atoms with Gasteiger partial charge in [0.15, 0.2) is 5.79 Å². The van der Waals surface area contributed by atoms with Crippen molar-refractivity contribution in [2.24, 2.45) is 5.92 Å². The summed E-state index contributed by atoms with van der Waals surface area (Å²) >= 11 is 0. The Morgan fingerprint density at radius 1 is 1.02 bits per heavy atom. The molecule has 2 saturated heterocycles. The van der Waals surface area contributed by atoms with Gasteiger partial charge in [-0.15, -0.1) is 0 Å². The minimum atomic E-state index is -1.44. The van der Waals surface area contributed by atoms with E-state index in [1.807, 2.05) is 24.0 Å². The molecular formula is C34H41F2N3O4. The maximum Gasteiger partial charge on any atom is 0.228 e. The highest BCUT2D eigenvalue weighted by atomic mass is 19.1. The average molecular weight is 594 g/mol. The molecule has 5 rings (SSSR count). The maximum atomic E-state index is 14.9. The standard InChI is InChI=1S/C34H41F2N3O4/c1-5-27-19-37(32(34(3,42)43-4)17-23-10-11-24-8-6-7-9-25(24)16-23)14-15-39(27)33(41)30-21-38(22(2)40)20-29(30)28-13-12-26(35)18-31(28)36/h6-13,16,18,27,29-30,32,42H,5,14-15,17,19-21H2,1-4H3/t27-,29-,30+,32-,34?/m0/s1. The fourth-order valence-electron chi connectivity index (χ4n) is 6.83. The zero-order chi connectivity index (χ0) is 30.9. The van der Waals surface area contributed by atoms with Gasteiger partial charge in [-0.3, -0.25) is 14.5 Å². The maximum absolute atomic E-state index is 14.9. The largest absolute Gasteiger partial charge is 0.364 e. The molecule has 3 aromatic rings. The molecular weight excluding hydrogens is 552 g/mol. The molecule has 1 unspecified atom stereocenters. The number of carbonyl (C=O) groups is 2. The Morgan fingerprint density at radius 3 is 2.44 bits per heavy atom. The topological polar surface area (TPSA) is 73.3 Å². The molecule has 2 aliphatic heterocycles. The van der Waals surface area contributed by atoms with Gasteiger partial charge in [-0.05, 0) is 47.7 Å². The molecule has 0 bridgehead atoms. The second-order valence-corrected chi connectivity index (χ2v) is 12.1. The van der Waals surface area contributed by atoms with E-state index in [4.69, 9.17) is 4.74 Å². The van der Waals surface area contributed by atoms with Gasteiger partial charge in [0, 0.05) is 64.8 Å². The first kappa shape index (κ1) is 31.0. The number of hydrogen-bond acceptors (Lipinski definition) is 5. The summed E-state index contributed by atoms with van der Waals surface area (Å²) < 4.78 is 34.2. The molecule has 2 amide bonds. The Hall–Kier alpha value is -3.40. The van der Waals surface area contributed by atoms with Crippen LogP contribution < -0.4 is 0 Å². The van der Waals surface area contributed by atoms with E-state index in [0.717, 1.165) is 22.4 Å². The fraction of sp³-hybridized carbons (Fsp3) is 0.471. The molecule has 1 N–H and O–H groups in total. The number of fused-ring (bicyclic) bond motifs is 1. The number of halogens is 2. The Bertz CT molecular complexity index is 1480. The lowest BCUT2D eigenvalue weighted by Gasteiger charge is -2.48. The number of benzene rings is 3. The quantitative estimate of drug-likeness (QED) is 0.388. The lowest BCUT2D eigenvalue weighted by molar-refractivity contribution is -0.217. The SMILES string of the molecule is CC[C@H]1CN([C@@H](Cc2ccc3ccccc3c2)C(C)(O)OC)CCN1C(=O)[C@@H]1CN(C(C)=O)C[C@H]1c1ccc(F)cc1F. The number of aliphatic hydroxyl groups is 1. The molecule has 0 aromatic heterocycles. The second-order valence-electron chi connectivity index (χ2n) is 12.1. The highest BCUT2D eigenvalue weighted by molar-refractivity contribution is 5.84. The Kier molecular flexibility index (Phi) is 9.15. The van der Waals surface area contributed by atoms with Crippen molar-refractivity contribution < 1.29 is 28.2 Å². The van der Waals surface area contributed by atoms with Gasteiger partial charge in [-0.25, -0.2) is 8.78 Å². The van der Waals surface area contributed by atoms with Crippen molar-refractivity contribution in [2.75, 3.05) is 39.8 Å². The minimum absolute atomic E-state index is 0.131. The van der Waals surface area contributed by atoms with E-state index < -0.39 is 29.3 Å². The van der Waals surface area contributed by atoms with E-state index in [2.05, 4.69) is 35.2 Å². The number of likely N-dealkylation sites (tertiary alicyclic amines) is 1. The predicted molar refractivity (Wildman–Crippen MR) is 161 cm³/mol. The van der Waals surface area contributed by atoms with Crippen molar-refractivity contribution in [1.29, 1.82) is 0 Å². The van der Waals surface area contributed by atoms with Gasteiger partial charge < -0.3 is 19.6 Å². The molecule has 43 heavy (non-hydrogen) atoms. The highest BCUT2D eigenvalue weighted by Crippen LogP contribution is 2.37. The van der Waals surface area contributed by atoms with Crippen molar-refractivity contribution in [3.05, 3.63) is 83.4 Å². The average Bonchev–Trinajstić information content (AvgIpc) is 3.44. The number of nitrogens with zero attached hydrogens (tertiary/aromatic N) is 3. The summed E-state index contributed by atoms with van der Waals surface area (Å²) in [5.41, 5.74) is 1.33. The first-order valence-electron chi connectivity index (χ1n) is 15.0. The third-order valence-electron chi connectivity index (χ3n) is 9.43. The van der Waals surface area contributed by atoms with Crippen molar-refractivity contribution in [3.8, 4) is 0 Å². The van der Waals surface area contributed by atoms with E-state index in [1.54, 1.807) is 11.8 Å². The van der Waals surface area contributed by atoms with Crippen molar-refractivity contribution in [3.63, 3.8) is 0 Å². The molecule has 2 fully saturated rings. The molecule has 5 atom stereocenters. The van der Waals surface area contributed by atoms with E-state index >= 15 is 0 Å². The van der Waals surface area contributed by atoms with E-state index in [1.165, 1.54) is 26.2 Å². The Morgan fingerprint density at radius 2 is 1.77 bits per heavy atom. The van der Waals surface area contributed by atoms with Crippen LogP contribution in [0.3, 0.4) is 0 Å². The van der Waals surface area contributed by atoms with E-state index in [9.17, 15) is 23.5 Å². The van der Waals surface area contributed by atoms with Gasteiger partial charge in [0.25, 0.3) is 0 Å². The number of methoxy groups -OCH3 is 1. The van der Waals surface area contributed by atoms with Crippen LogP contribution >= 0.6 is 0 Å². The van der Waals surface area contributed by atoms with E-state index in [0.29, 0.717) is 32.5 Å². The molecule has 2 heterocycles. The molecule has 3 aromatic carbocycles. The normalized spacial score (nSPS) is 23.4. The first-order chi connectivity index (χ1) is 20.5. The van der Waals surface area contributed by atoms with Crippen molar-refractivity contribution >= 4 is 22.6 Å². The fourth-order valence-corrected chi connectivity index (χ4v) is 6.83. The molecule has 9 heteroatoms. The number of ether oxygens (including phenoxy) is 1. The molecule has 230 valence electrons. The lowest BCUT2D eigenvalue weighted by atomic mass is 9.86. The van der Waals surface area contributed by atoms with Crippen LogP contribution in [0.25, 0.3) is 10.8 Å². The number of rotatable bonds is 8. The van der Waals surface area contributed by atoms with Gasteiger partial charge in [0.2, 0.25) is 11.8 Å². The Labute approximate surface area is 252 Å². The number of amides is 2. The van der Waals surface area contributed by atoms with Crippen LogP contribution in [0.5, 0.6) is 0 Å². The van der Waals surface area contributed by atoms with Gasteiger partial charge >= 0.3 is 0 Å². The van der Waals surface area contributed by atoms with Gasteiger partial charge in [-0.1, -0.05) is 55.5 Å². The summed E-state index contributed by atoms with van der Waals surface area (Å²) in [6, 6.07) is 17.3. The molecule has 0 aliphatic carbocycles. The lowest BCUT2D eigenvalue weighted by Crippen LogP contribution is -2.63. The smallest absolute Gasteiger partial charge is 0.228 e. The van der Waals surface area contributed by atoms with Crippen LogP contribution in [0.1, 0.15) is 44.2 Å². The summed E-state index contributed by atoms with van der Waals surface area (Å²) in [6.45, 7) is 6.99. The number of piperazine rings is 1. The summed E-state index contributed by atoms with van der Waals surface area (Å²) in [4.78, 5) is 32.1. The Balaban J connectivity index is 1.37. The van der Waals surface area contributed by atoms with Crippen LogP contribution in [0.4, 0.5) is 8.78 Å². The molecule has 0 saturated carbocycles. The summed E-state index contributed by atoms with van der Waals surface area (Å²) in [5, 5.41) is 13.6. The molecule has 2 aliphatic rings. The van der Waals surface area contributed by atoms with Crippen molar-refractivity contribution in [2.45, 2.75) is 57.4 Å². The summed E-state index contributed by atoms with van der Waals surface area (Å²) in [6.07, 6.45) is 1.23. The number of hydrogen-bond donors (Lipinski definition) is 1. The third-order valence-corrected chi connectivity index (χ3v) is 9.43. The molecule has 0 radical (unpaired) electrons. The van der Waals surface area contributed by atoms with Crippen LogP contribution in [-0.2, 0) is 20.7 Å². The summed E-state index contributed by atoms with van der Waals surface area (Å²) in [7, 11) is 1.50. The minimum Gasteiger partial charge on any atom is -0.364 e. The summed E-state index contributed by atoms with van der Waals surface area (Å²) in [5.74, 6) is -4.34. The van der Waals surface area contributed by atoms with Crippen LogP contribution in [-0.4, -0.2) is 89.3 Å². The predicted octanol–water partition coefficient (Wildman–Crippen LogP) is 4.57. The zero-order valence-electron chi connectivity index (χ0n) is 25.3. The van der Waals surface area contributed by atoms with Crippen LogP contribution in [0, 0.1) is 17.6 Å². The second kappa shape index (κ2) is 12.7.